The van der Waals surface area contributed by atoms with E-state index in [9.17, 15) is 4.79 Å². The number of anilines is 2. The lowest BCUT2D eigenvalue weighted by Crippen LogP contribution is -2.02. The Morgan fingerprint density at radius 3 is 2.52 bits per heavy atom. The zero-order valence-corrected chi connectivity index (χ0v) is 17.7. The lowest BCUT2D eigenvalue weighted by molar-refractivity contribution is 0.0600. The summed E-state index contributed by atoms with van der Waals surface area (Å²) in [7, 11) is 1.37. The average molecular weight is 413 g/mol. The molecule has 1 heterocycles. The fourth-order valence-corrected chi connectivity index (χ4v) is 3.38. The third-order valence-electron chi connectivity index (χ3n) is 4.92. The average Bonchev–Trinajstić information content (AvgIpc) is 2.77. The van der Waals surface area contributed by atoms with E-state index in [4.69, 9.17) is 9.47 Å². The SMILES string of the molecule is COC(=O)c1ccc(COc2cccc(Nc3nc(C)nc4cccc(C)c34)c2)cc1. The van der Waals surface area contributed by atoms with Gasteiger partial charge in [0.05, 0.1) is 18.2 Å². The van der Waals surface area contributed by atoms with Crippen molar-refractivity contribution in [3.8, 4) is 5.75 Å². The van der Waals surface area contributed by atoms with Gasteiger partial charge in [0, 0.05) is 17.1 Å². The smallest absolute Gasteiger partial charge is 0.337 e. The quantitative estimate of drug-likeness (QED) is 0.429. The first kappa shape index (κ1) is 20.3. The minimum atomic E-state index is -0.353. The van der Waals surface area contributed by atoms with E-state index in [1.54, 1.807) is 12.1 Å². The van der Waals surface area contributed by atoms with E-state index in [1.807, 2.05) is 55.5 Å². The molecule has 6 nitrogen and oxygen atoms in total. The Bertz CT molecular complexity index is 1240. The summed E-state index contributed by atoms with van der Waals surface area (Å²) in [5, 5.41) is 4.42. The van der Waals surface area contributed by atoms with E-state index < -0.39 is 0 Å². The van der Waals surface area contributed by atoms with E-state index in [0.29, 0.717) is 18.0 Å². The van der Waals surface area contributed by atoms with Crippen LogP contribution in [0.25, 0.3) is 10.9 Å². The topological polar surface area (TPSA) is 73.3 Å². The van der Waals surface area contributed by atoms with E-state index in [1.165, 1.54) is 7.11 Å². The van der Waals surface area contributed by atoms with Crippen molar-refractivity contribution in [1.29, 1.82) is 0 Å². The number of nitrogens with one attached hydrogen (secondary N) is 1. The number of aromatic nitrogens is 2. The molecule has 6 heteroatoms. The van der Waals surface area contributed by atoms with Gasteiger partial charge < -0.3 is 14.8 Å². The maximum atomic E-state index is 11.5. The second-order valence-electron chi connectivity index (χ2n) is 7.22. The largest absolute Gasteiger partial charge is 0.489 e. The Morgan fingerprint density at radius 1 is 0.968 bits per heavy atom. The summed E-state index contributed by atoms with van der Waals surface area (Å²) in [4.78, 5) is 20.7. The van der Waals surface area contributed by atoms with Gasteiger partial charge in [-0.3, -0.25) is 0 Å². The van der Waals surface area contributed by atoms with Crippen molar-refractivity contribution in [3.63, 3.8) is 0 Å². The van der Waals surface area contributed by atoms with Crippen LogP contribution in [0, 0.1) is 13.8 Å². The summed E-state index contributed by atoms with van der Waals surface area (Å²) in [6.07, 6.45) is 0. The van der Waals surface area contributed by atoms with Crippen LogP contribution in [0.15, 0.2) is 66.7 Å². The number of esters is 1. The molecule has 0 amide bonds. The van der Waals surface area contributed by atoms with Gasteiger partial charge in [-0.05, 0) is 55.3 Å². The van der Waals surface area contributed by atoms with Gasteiger partial charge in [0.1, 0.15) is 24.0 Å². The van der Waals surface area contributed by atoms with Crippen LogP contribution >= 0.6 is 0 Å². The number of aryl methyl sites for hydroxylation is 2. The maximum Gasteiger partial charge on any atom is 0.337 e. The van der Waals surface area contributed by atoms with Crippen molar-refractivity contribution in [2.24, 2.45) is 0 Å². The molecule has 0 bridgehead atoms. The molecule has 0 fully saturated rings. The number of fused-ring (bicyclic) bond motifs is 1. The molecule has 0 radical (unpaired) electrons. The number of hydrogen-bond acceptors (Lipinski definition) is 6. The highest BCUT2D eigenvalue weighted by molar-refractivity contribution is 5.93. The van der Waals surface area contributed by atoms with Crippen LogP contribution in [0.5, 0.6) is 5.75 Å². The van der Waals surface area contributed by atoms with E-state index in [2.05, 4.69) is 28.3 Å². The molecule has 0 saturated heterocycles. The number of ether oxygens (including phenoxy) is 2. The Kier molecular flexibility index (Phi) is 5.80. The van der Waals surface area contributed by atoms with Crippen molar-refractivity contribution in [1.82, 2.24) is 9.97 Å². The first-order valence-corrected chi connectivity index (χ1v) is 9.94. The standard InChI is InChI=1S/C25H23N3O3/c1-16-6-4-9-22-23(16)24(27-17(2)26-22)28-20-7-5-8-21(14-20)31-15-18-10-12-19(13-11-18)25(29)30-3/h4-14H,15H2,1-3H3,(H,26,27,28). The molecule has 0 aliphatic rings. The number of carbonyl (C=O) groups excluding carboxylic acids is 1. The molecule has 0 unspecified atom stereocenters. The third kappa shape index (κ3) is 4.64. The number of rotatable bonds is 6. The Balaban J connectivity index is 1.51. The third-order valence-corrected chi connectivity index (χ3v) is 4.92. The number of methoxy groups -OCH3 is 1. The van der Waals surface area contributed by atoms with Gasteiger partial charge in [-0.15, -0.1) is 0 Å². The number of carbonyl (C=O) groups is 1. The Morgan fingerprint density at radius 2 is 1.74 bits per heavy atom. The first-order valence-electron chi connectivity index (χ1n) is 9.94. The highest BCUT2D eigenvalue weighted by Crippen LogP contribution is 2.28. The second kappa shape index (κ2) is 8.83. The summed E-state index contributed by atoms with van der Waals surface area (Å²) >= 11 is 0. The second-order valence-corrected chi connectivity index (χ2v) is 7.22. The molecular formula is C25H23N3O3. The van der Waals surface area contributed by atoms with Crippen LogP contribution in [-0.2, 0) is 11.3 Å². The molecular weight excluding hydrogens is 390 g/mol. The van der Waals surface area contributed by atoms with Crippen molar-refractivity contribution in [2.75, 3.05) is 12.4 Å². The zero-order valence-electron chi connectivity index (χ0n) is 17.7. The van der Waals surface area contributed by atoms with Crippen LogP contribution < -0.4 is 10.1 Å². The molecule has 3 aromatic carbocycles. The summed E-state index contributed by atoms with van der Waals surface area (Å²) in [5.74, 6) is 1.86. The summed E-state index contributed by atoms with van der Waals surface area (Å²) in [6.45, 7) is 4.33. The summed E-state index contributed by atoms with van der Waals surface area (Å²) in [5.41, 5.74) is 4.38. The fourth-order valence-electron chi connectivity index (χ4n) is 3.38. The molecule has 1 aromatic heterocycles. The minimum Gasteiger partial charge on any atom is -0.489 e. The first-order chi connectivity index (χ1) is 15.0. The predicted octanol–water partition coefficient (Wildman–Crippen LogP) is 5.36. The summed E-state index contributed by atoms with van der Waals surface area (Å²) in [6, 6.07) is 21.0. The lowest BCUT2D eigenvalue weighted by Gasteiger charge is -2.13. The fraction of sp³-hybridized carbons (Fsp3) is 0.160. The van der Waals surface area contributed by atoms with Crippen molar-refractivity contribution in [3.05, 3.63) is 89.2 Å². The van der Waals surface area contributed by atoms with Gasteiger partial charge in [-0.2, -0.15) is 0 Å². The minimum absolute atomic E-state index is 0.353. The van der Waals surface area contributed by atoms with E-state index in [-0.39, 0.29) is 5.97 Å². The Labute approximate surface area is 180 Å². The van der Waals surface area contributed by atoms with Gasteiger partial charge in [0.2, 0.25) is 0 Å². The van der Waals surface area contributed by atoms with Crippen molar-refractivity contribution in [2.45, 2.75) is 20.5 Å². The van der Waals surface area contributed by atoms with Crippen molar-refractivity contribution >= 4 is 28.4 Å². The van der Waals surface area contributed by atoms with Crippen LogP contribution in [0.2, 0.25) is 0 Å². The van der Waals surface area contributed by atoms with E-state index in [0.717, 1.165) is 39.3 Å². The highest BCUT2D eigenvalue weighted by atomic mass is 16.5. The zero-order chi connectivity index (χ0) is 21.8. The lowest BCUT2D eigenvalue weighted by atomic mass is 10.1. The molecule has 4 rings (SSSR count). The van der Waals surface area contributed by atoms with Crippen molar-refractivity contribution < 1.29 is 14.3 Å². The number of benzene rings is 3. The van der Waals surface area contributed by atoms with Crippen LogP contribution in [-0.4, -0.2) is 23.0 Å². The molecule has 1 N–H and O–H groups in total. The van der Waals surface area contributed by atoms with Crippen LogP contribution in [0.1, 0.15) is 27.3 Å². The van der Waals surface area contributed by atoms with Gasteiger partial charge in [-0.25, -0.2) is 14.8 Å². The molecule has 0 atom stereocenters. The molecule has 4 aromatic rings. The Hall–Kier alpha value is -3.93. The number of hydrogen-bond donors (Lipinski definition) is 1. The van der Waals surface area contributed by atoms with Gasteiger partial charge in [0.15, 0.2) is 0 Å². The molecule has 0 aliphatic carbocycles. The molecule has 31 heavy (non-hydrogen) atoms. The summed E-state index contributed by atoms with van der Waals surface area (Å²) < 4.78 is 10.7. The number of nitrogens with zero attached hydrogens (tertiary/aromatic N) is 2. The monoisotopic (exact) mass is 413 g/mol. The van der Waals surface area contributed by atoms with Crippen LogP contribution in [0.4, 0.5) is 11.5 Å². The maximum absolute atomic E-state index is 11.5. The molecule has 156 valence electrons. The van der Waals surface area contributed by atoms with Crippen LogP contribution in [0.3, 0.4) is 0 Å². The van der Waals surface area contributed by atoms with Gasteiger partial charge in [-0.1, -0.05) is 30.3 Å². The van der Waals surface area contributed by atoms with Gasteiger partial charge in [0.25, 0.3) is 0 Å². The van der Waals surface area contributed by atoms with E-state index >= 15 is 0 Å². The molecule has 0 aliphatic heterocycles. The highest BCUT2D eigenvalue weighted by Gasteiger charge is 2.09. The normalized spacial score (nSPS) is 10.7. The molecule has 0 saturated carbocycles. The van der Waals surface area contributed by atoms with Gasteiger partial charge >= 0.3 is 5.97 Å². The predicted molar refractivity (Wildman–Crippen MR) is 121 cm³/mol. The molecule has 0 spiro atoms.